The van der Waals surface area contributed by atoms with Gasteiger partial charge in [-0.15, -0.1) is 0 Å². The molecule has 8 nitrogen and oxygen atoms in total. The van der Waals surface area contributed by atoms with Crippen molar-refractivity contribution < 1.29 is 14.7 Å². The third-order valence-corrected chi connectivity index (χ3v) is 2.37. The van der Waals surface area contributed by atoms with E-state index in [9.17, 15) is 19.2 Å². The van der Waals surface area contributed by atoms with Gasteiger partial charge in [0.2, 0.25) is 5.91 Å². The van der Waals surface area contributed by atoms with Crippen molar-refractivity contribution in [1.29, 1.82) is 0 Å². The zero-order chi connectivity index (χ0) is 14.4. The van der Waals surface area contributed by atoms with Crippen molar-refractivity contribution in [3.63, 3.8) is 0 Å². The molecule has 1 aromatic heterocycles. The molecule has 8 heteroatoms. The largest absolute Gasteiger partial charge is 0.481 e. The zero-order valence-electron chi connectivity index (χ0n) is 10.4. The van der Waals surface area contributed by atoms with Crippen LogP contribution in [0.15, 0.2) is 15.7 Å². The highest BCUT2D eigenvalue weighted by Gasteiger charge is 2.10. The van der Waals surface area contributed by atoms with Gasteiger partial charge < -0.3 is 15.4 Å². The summed E-state index contributed by atoms with van der Waals surface area (Å²) in [5, 5.41) is 11.1. The molecule has 0 saturated carbocycles. The number of hydrogen-bond donors (Lipinski definition) is 4. The molecule has 1 atom stereocenters. The number of rotatable bonds is 6. The first-order chi connectivity index (χ1) is 8.86. The molecule has 0 aliphatic rings. The van der Waals surface area contributed by atoms with E-state index in [4.69, 9.17) is 5.11 Å². The minimum atomic E-state index is -0.931. The summed E-state index contributed by atoms with van der Waals surface area (Å²) < 4.78 is 0. The van der Waals surface area contributed by atoms with Gasteiger partial charge >= 0.3 is 11.7 Å². The van der Waals surface area contributed by atoms with Crippen molar-refractivity contribution in [1.82, 2.24) is 15.3 Å². The van der Waals surface area contributed by atoms with Crippen molar-refractivity contribution in [2.24, 2.45) is 0 Å². The van der Waals surface area contributed by atoms with E-state index >= 15 is 0 Å². The second-order valence-electron chi connectivity index (χ2n) is 4.19. The molecule has 104 valence electrons. The first kappa shape index (κ1) is 14.7. The average Bonchev–Trinajstić information content (AvgIpc) is 2.24. The SMILES string of the molecule is CC(CCC(=O)O)NC(=O)Cc1cc(=O)[nH]c(=O)[nH]1. The Hall–Kier alpha value is -2.38. The van der Waals surface area contributed by atoms with Crippen LogP contribution in [0, 0.1) is 0 Å². The third-order valence-electron chi connectivity index (χ3n) is 2.37. The minimum Gasteiger partial charge on any atom is -0.481 e. The normalized spacial score (nSPS) is 11.8. The van der Waals surface area contributed by atoms with Crippen LogP contribution in [-0.2, 0) is 16.0 Å². The summed E-state index contributed by atoms with van der Waals surface area (Å²) in [5.41, 5.74) is -1.05. The first-order valence-corrected chi connectivity index (χ1v) is 5.70. The van der Waals surface area contributed by atoms with E-state index in [0.29, 0.717) is 6.42 Å². The van der Waals surface area contributed by atoms with Gasteiger partial charge in [0.05, 0.1) is 6.42 Å². The molecule has 0 spiro atoms. The minimum absolute atomic E-state index is 0.0384. The molecular weight excluding hydrogens is 254 g/mol. The van der Waals surface area contributed by atoms with E-state index in [1.54, 1.807) is 6.92 Å². The fourth-order valence-electron chi connectivity index (χ4n) is 1.53. The van der Waals surface area contributed by atoms with Gasteiger partial charge in [-0.2, -0.15) is 0 Å². The summed E-state index contributed by atoms with van der Waals surface area (Å²) >= 11 is 0. The molecule has 0 radical (unpaired) electrons. The highest BCUT2D eigenvalue weighted by atomic mass is 16.4. The lowest BCUT2D eigenvalue weighted by atomic mass is 10.1. The Morgan fingerprint density at radius 2 is 2.05 bits per heavy atom. The van der Waals surface area contributed by atoms with Crippen molar-refractivity contribution in [3.8, 4) is 0 Å². The summed E-state index contributed by atoms with van der Waals surface area (Å²) in [6.07, 6.45) is 0.132. The Labute approximate surface area is 107 Å². The molecule has 1 aromatic rings. The van der Waals surface area contributed by atoms with E-state index in [2.05, 4.69) is 10.3 Å². The van der Waals surface area contributed by atoms with E-state index in [-0.39, 0.29) is 30.5 Å². The number of carbonyl (C=O) groups excluding carboxylic acids is 1. The molecule has 0 aliphatic heterocycles. The van der Waals surface area contributed by atoms with Gasteiger partial charge in [-0.3, -0.25) is 19.4 Å². The Kier molecular flexibility index (Phi) is 5.04. The Morgan fingerprint density at radius 1 is 1.37 bits per heavy atom. The van der Waals surface area contributed by atoms with E-state index < -0.39 is 17.2 Å². The van der Waals surface area contributed by atoms with Crippen LogP contribution in [0.4, 0.5) is 0 Å². The van der Waals surface area contributed by atoms with Crippen LogP contribution in [0.5, 0.6) is 0 Å². The van der Waals surface area contributed by atoms with E-state index in [0.717, 1.165) is 6.07 Å². The summed E-state index contributed by atoms with van der Waals surface area (Å²) in [6, 6.07) is 0.834. The number of carboxylic acid groups (broad SMARTS) is 1. The molecule has 0 saturated heterocycles. The predicted octanol–water partition coefficient (Wildman–Crippen LogP) is -1.02. The number of aliphatic carboxylic acids is 1. The number of carbonyl (C=O) groups is 2. The third kappa shape index (κ3) is 5.66. The molecule has 0 aliphatic carbocycles. The van der Waals surface area contributed by atoms with E-state index in [1.807, 2.05) is 4.98 Å². The van der Waals surface area contributed by atoms with Gasteiger partial charge in [-0.25, -0.2) is 4.79 Å². The monoisotopic (exact) mass is 269 g/mol. The highest BCUT2D eigenvalue weighted by molar-refractivity contribution is 5.78. The van der Waals surface area contributed by atoms with Crippen molar-refractivity contribution in [2.75, 3.05) is 0 Å². The lowest BCUT2D eigenvalue weighted by Crippen LogP contribution is -2.35. The van der Waals surface area contributed by atoms with Gasteiger partial charge in [0, 0.05) is 24.2 Å². The molecular formula is C11H15N3O5. The Balaban J connectivity index is 2.53. The summed E-state index contributed by atoms with van der Waals surface area (Å²) in [6.45, 7) is 1.68. The Bertz CT molecular complexity index is 546. The van der Waals surface area contributed by atoms with Gasteiger partial charge in [-0.05, 0) is 13.3 Å². The zero-order valence-corrected chi connectivity index (χ0v) is 10.4. The topological polar surface area (TPSA) is 132 Å². The van der Waals surface area contributed by atoms with Crippen molar-refractivity contribution in [2.45, 2.75) is 32.2 Å². The maximum Gasteiger partial charge on any atom is 0.325 e. The van der Waals surface area contributed by atoms with Crippen LogP contribution in [0.3, 0.4) is 0 Å². The van der Waals surface area contributed by atoms with Gasteiger partial charge in [0.15, 0.2) is 0 Å². The van der Waals surface area contributed by atoms with Crippen molar-refractivity contribution in [3.05, 3.63) is 32.6 Å². The van der Waals surface area contributed by atoms with Crippen LogP contribution in [-0.4, -0.2) is 33.0 Å². The molecule has 1 unspecified atom stereocenters. The van der Waals surface area contributed by atoms with Crippen LogP contribution in [0.1, 0.15) is 25.5 Å². The molecule has 1 rings (SSSR count). The maximum atomic E-state index is 11.6. The molecule has 0 fully saturated rings. The second-order valence-corrected chi connectivity index (χ2v) is 4.19. The quantitative estimate of drug-likeness (QED) is 0.524. The lowest BCUT2D eigenvalue weighted by Gasteiger charge is -2.12. The number of aromatic amines is 2. The van der Waals surface area contributed by atoms with Gasteiger partial charge in [0.25, 0.3) is 5.56 Å². The maximum absolute atomic E-state index is 11.6. The molecule has 1 amide bonds. The number of nitrogens with one attached hydrogen (secondary N) is 3. The average molecular weight is 269 g/mol. The fraction of sp³-hybridized carbons (Fsp3) is 0.455. The molecule has 0 bridgehead atoms. The highest BCUT2D eigenvalue weighted by Crippen LogP contribution is 1.97. The summed E-state index contributed by atoms with van der Waals surface area (Å²) in [7, 11) is 0. The predicted molar refractivity (Wildman–Crippen MR) is 65.9 cm³/mol. The van der Waals surface area contributed by atoms with E-state index in [1.165, 1.54) is 0 Å². The van der Waals surface area contributed by atoms with Crippen molar-refractivity contribution >= 4 is 11.9 Å². The fourth-order valence-corrected chi connectivity index (χ4v) is 1.53. The second kappa shape index (κ2) is 6.53. The molecule has 0 aromatic carbocycles. The first-order valence-electron chi connectivity index (χ1n) is 5.70. The number of hydrogen-bond acceptors (Lipinski definition) is 4. The van der Waals surface area contributed by atoms with Gasteiger partial charge in [-0.1, -0.05) is 0 Å². The number of aromatic nitrogens is 2. The number of amides is 1. The summed E-state index contributed by atoms with van der Waals surface area (Å²) in [5.74, 6) is -1.32. The van der Waals surface area contributed by atoms with Crippen LogP contribution in [0.2, 0.25) is 0 Å². The number of carboxylic acids is 1. The lowest BCUT2D eigenvalue weighted by molar-refractivity contribution is -0.137. The molecule has 4 N–H and O–H groups in total. The molecule has 1 heterocycles. The molecule has 19 heavy (non-hydrogen) atoms. The van der Waals surface area contributed by atoms with Crippen LogP contribution < -0.4 is 16.6 Å². The van der Waals surface area contributed by atoms with Gasteiger partial charge in [0.1, 0.15) is 0 Å². The smallest absolute Gasteiger partial charge is 0.325 e. The summed E-state index contributed by atoms with van der Waals surface area (Å²) in [4.78, 5) is 48.3. The number of H-pyrrole nitrogens is 2. The van der Waals surface area contributed by atoms with Crippen LogP contribution >= 0.6 is 0 Å². The standard InChI is InChI=1S/C11H15N3O5/c1-6(2-3-10(17)18)12-8(15)4-7-5-9(16)14-11(19)13-7/h5-6H,2-4H2,1H3,(H,12,15)(H,17,18)(H2,13,14,16,19). The Morgan fingerprint density at radius 3 is 2.63 bits per heavy atom. The van der Waals surface area contributed by atoms with Crippen LogP contribution in [0.25, 0.3) is 0 Å².